The number of hydrogen-bond acceptors (Lipinski definition) is 3. The molecule has 1 aliphatic heterocycles. The van der Waals surface area contributed by atoms with Crippen LogP contribution in [0.1, 0.15) is 22.3 Å². The van der Waals surface area contributed by atoms with Crippen molar-refractivity contribution in [1.82, 2.24) is 0 Å². The van der Waals surface area contributed by atoms with Crippen molar-refractivity contribution in [3.8, 4) is 33.4 Å². The first kappa shape index (κ1) is 36.7. The van der Waals surface area contributed by atoms with Gasteiger partial charge in [0.2, 0.25) is 0 Å². The van der Waals surface area contributed by atoms with Crippen LogP contribution < -0.4 is 9.80 Å². The summed E-state index contributed by atoms with van der Waals surface area (Å²) in [5.74, 6) is 0. The van der Waals surface area contributed by atoms with Crippen molar-refractivity contribution in [1.29, 1.82) is 0 Å². The van der Waals surface area contributed by atoms with Crippen LogP contribution >= 0.6 is 11.3 Å². The number of nitrogens with zero attached hydrogens (tertiary/aromatic N) is 2. The Morgan fingerprint density at radius 2 is 0.891 bits per heavy atom. The van der Waals surface area contributed by atoms with Crippen LogP contribution in [0.25, 0.3) is 53.6 Å². The lowest BCUT2D eigenvalue weighted by Crippen LogP contribution is -2.36. The molecule has 3 heteroatoms. The Morgan fingerprint density at radius 1 is 0.344 bits per heavy atom. The van der Waals surface area contributed by atoms with Crippen LogP contribution in [-0.4, -0.2) is 0 Å². The van der Waals surface area contributed by atoms with Crippen molar-refractivity contribution in [3.05, 3.63) is 265 Å². The molecule has 0 saturated carbocycles. The number of thiophene rings is 1. The van der Waals surface area contributed by atoms with Crippen molar-refractivity contribution in [2.24, 2.45) is 0 Å². The van der Waals surface area contributed by atoms with Crippen LogP contribution in [0.15, 0.2) is 243 Å². The Kier molecular flexibility index (Phi) is 8.34. The van der Waals surface area contributed by atoms with Gasteiger partial charge in [0, 0.05) is 42.9 Å². The molecule has 1 spiro atoms. The lowest BCUT2D eigenvalue weighted by Gasteiger charge is -2.45. The maximum atomic E-state index is 2.45. The van der Waals surface area contributed by atoms with Crippen LogP contribution in [0.4, 0.5) is 34.1 Å². The normalized spacial score (nSPS) is 13.1. The third kappa shape index (κ3) is 5.44. The molecule has 64 heavy (non-hydrogen) atoms. The summed E-state index contributed by atoms with van der Waals surface area (Å²) in [5, 5.41) is 2.62. The highest BCUT2D eigenvalue weighted by atomic mass is 32.1. The second-order valence-corrected chi connectivity index (χ2v) is 17.9. The van der Waals surface area contributed by atoms with Gasteiger partial charge in [0.1, 0.15) is 0 Å². The van der Waals surface area contributed by atoms with E-state index in [0.29, 0.717) is 0 Å². The van der Waals surface area contributed by atoms with E-state index in [4.69, 9.17) is 0 Å². The van der Waals surface area contributed by atoms with Gasteiger partial charge in [0.25, 0.3) is 0 Å². The fourth-order valence-corrected chi connectivity index (χ4v) is 12.0. The van der Waals surface area contributed by atoms with E-state index in [1.54, 1.807) is 0 Å². The molecule has 0 N–H and O–H groups in total. The Balaban J connectivity index is 1.02. The Morgan fingerprint density at radius 3 is 1.67 bits per heavy atom. The van der Waals surface area contributed by atoms with Gasteiger partial charge in [0.05, 0.1) is 16.8 Å². The van der Waals surface area contributed by atoms with E-state index in [0.717, 1.165) is 22.7 Å². The van der Waals surface area contributed by atoms with Crippen LogP contribution in [0.3, 0.4) is 0 Å². The number of hydrogen-bond donors (Lipinski definition) is 0. The van der Waals surface area contributed by atoms with Gasteiger partial charge in [-0.15, -0.1) is 11.3 Å². The van der Waals surface area contributed by atoms with Gasteiger partial charge in [0.15, 0.2) is 0 Å². The molecular weight excluding hydrogens is 793 g/mol. The Hall–Kier alpha value is -7.98. The second-order valence-electron chi connectivity index (χ2n) is 16.8. The highest BCUT2D eigenvalue weighted by Gasteiger charge is 2.51. The van der Waals surface area contributed by atoms with Crippen LogP contribution in [0, 0.1) is 0 Å². The molecule has 13 rings (SSSR count). The van der Waals surface area contributed by atoms with Crippen molar-refractivity contribution in [2.45, 2.75) is 5.41 Å². The molecule has 0 radical (unpaired) electrons. The van der Waals surface area contributed by atoms with Gasteiger partial charge in [-0.25, -0.2) is 0 Å². The molecule has 2 nitrogen and oxygen atoms in total. The number of fused-ring (bicyclic) bond motifs is 12. The lowest BCUT2D eigenvalue weighted by atomic mass is 9.64. The summed E-state index contributed by atoms with van der Waals surface area (Å²) in [4.78, 5) is 4.88. The standard InChI is InChI=1S/C61H40N2S/c1-3-17-41(18-4-1)42-33-35-45(36-34-42)62(46-22-15-19-43(39-46)48-25-16-26-51-50-24-8-14-32-59(50)64-60(48)51)47-37-38-54-52(40-47)49-23-7-9-27-53(49)61(54)55-28-10-12-30-57(55)63(44-20-5-2-6-21-44)58-31-13-11-29-56(58)61/h1-40H. The predicted molar refractivity (Wildman–Crippen MR) is 270 cm³/mol. The maximum Gasteiger partial charge on any atom is 0.0754 e. The molecule has 2 aliphatic rings. The number of para-hydroxylation sites is 3. The average molecular weight is 833 g/mol. The van der Waals surface area contributed by atoms with Gasteiger partial charge in [-0.1, -0.05) is 176 Å². The minimum absolute atomic E-state index is 0.520. The van der Waals surface area contributed by atoms with E-state index in [9.17, 15) is 0 Å². The number of anilines is 6. The molecule has 300 valence electrons. The van der Waals surface area contributed by atoms with Gasteiger partial charge >= 0.3 is 0 Å². The van der Waals surface area contributed by atoms with E-state index < -0.39 is 5.41 Å². The molecule has 2 heterocycles. The van der Waals surface area contributed by atoms with Gasteiger partial charge in [-0.2, -0.15) is 0 Å². The summed E-state index contributed by atoms with van der Waals surface area (Å²) >= 11 is 1.88. The molecule has 0 fully saturated rings. The number of rotatable bonds is 6. The smallest absolute Gasteiger partial charge is 0.0754 e. The van der Waals surface area contributed by atoms with Crippen LogP contribution in [-0.2, 0) is 5.41 Å². The molecule has 0 atom stereocenters. The first-order chi connectivity index (χ1) is 31.8. The highest BCUT2D eigenvalue weighted by Crippen LogP contribution is 2.64. The van der Waals surface area contributed by atoms with Crippen molar-refractivity contribution < 1.29 is 0 Å². The SMILES string of the molecule is c1ccc(-c2ccc(N(c3cccc(-c4cccc5c4sc4ccccc45)c3)c3ccc4c(c3)-c3ccccc3C43c4ccccc4N(c4ccccc4)c4ccccc43)cc2)cc1. The topological polar surface area (TPSA) is 6.48 Å². The Bertz CT molecular complexity index is 3520. The molecule has 0 unspecified atom stereocenters. The van der Waals surface area contributed by atoms with E-state index in [1.807, 2.05) is 11.3 Å². The zero-order valence-corrected chi connectivity index (χ0v) is 35.7. The fraction of sp³-hybridized carbons (Fsp3) is 0.0164. The Labute approximate surface area is 377 Å². The quantitative estimate of drug-likeness (QED) is 0.165. The maximum absolute atomic E-state index is 2.45. The molecule has 0 amide bonds. The summed E-state index contributed by atoms with van der Waals surface area (Å²) < 4.78 is 2.63. The summed E-state index contributed by atoms with van der Waals surface area (Å²) in [6.45, 7) is 0. The minimum atomic E-state index is -0.520. The molecule has 1 aromatic heterocycles. The summed E-state index contributed by atoms with van der Waals surface area (Å²) in [6, 6.07) is 89.5. The zero-order valence-electron chi connectivity index (χ0n) is 34.9. The van der Waals surface area contributed by atoms with E-state index in [1.165, 1.54) is 87.2 Å². The van der Waals surface area contributed by atoms with E-state index in [2.05, 4.69) is 252 Å². The highest BCUT2D eigenvalue weighted by molar-refractivity contribution is 7.26. The summed E-state index contributed by atoms with van der Waals surface area (Å²) in [7, 11) is 0. The van der Waals surface area contributed by atoms with Gasteiger partial charge in [-0.05, 0) is 122 Å². The molecular formula is C61H40N2S. The summed E-state index contributed by atoms with van der Waals surface area (Å²) in [6.07, 6.45) is 0. The zero-order chi connectivity index (χ0) is 42.2. The predicted octanol–water partition coefficient (Wildman–Crippen LogP) is 17.0. The van der Waals surface area contributed by atoms with Crippen molar-refractivity contribution >= 4 is 65.6 Å². The molecule has 0 saturated heterocycles. The molecule has 1 aliphatic carbocycles. The molecule has 10 aromatic carbocycles. The first-order valence-electron chi connectivity index (χ1n) is 22.0. The monoisotopic (exact) mass is 832 g/mol. The van der Waals surface area contributed by atoms with Crippen molar-refractivity contribution in [2.75, 3.05) is 9.80 Å². The molecule has 0 bridgehead atoms. The third-order valence-electron chi connectivity index (χ3n) is 13.5. The molecule has 11 aromatic rings. The van der Waals surface area contributed by atoms with Gasteiger partial charge in [-0.3, -0.25) is 0 Å². The second kappa shape index (κ2) is 14.6. The lowest BCUT2D eigenvalue weighted by molar-refractivity contribution is 0.752. The van der Waals surface area contributed by atoms with Crippen LogP contribution in [0.5, 0.6) is 0 Å². The summed E-state index contributed by atoms with van der Waals surface area (Å²) in [5.41, 5.74) is 18.9. The van der Waals surface area contributed by atoms with Crippen LogP contribution in [0.2, 0.25) is 0 Å². The minimum Gasteiger partial charge on any atom is -0.310 e. The van der Waals surface area contributed by atoms with E-state index in [-0.39, 0.29) is 0 Å². The third-order valence-corrected chi connectivity index (χ3v) is 14.7. The first-order valence-corrected chi connectivity index (χ1v) is 22.8. The average Bonchev–Trinajstić information content (AvgIpc) is 3.89. The van der Waals surface area contributed by atoms with E-state index >= 15 is 0 Å². The van der Waals surface area contributed by atoms with Crippen molar-refractivity contribution in [3.63, 3.8) is 0 Å². The fourth-order valence-electron chi connectivity index (χ4n) is 10.8. The van der Waals surface area contributed by atoms with Gasteiger partial charge < -0.3 is 9.80 Å². The largest absolute Gasteiger partial charge is 0.310 e. The number of benzene rings is 10.